The topological polar surface area (TPSA) is 108 Å². The van der Waals surface area contributed by atoms with E-state index in [1.807, 2.05) is 18.2 Å². The number of nitrogens with one attached hydrogen (secondary N) is 2. The smallest absolute Gasteiger partial charge is 0.294 e. The molecule has 0 unspecified atom stereocenters. The molecule has 0 saturated carbocycles. The molecule has 4 N–H and O–H groups in total. The molecule has 0 amide bonds. The lowest BCUT2D eigenvalue weighted by atomic mass is 10.2. The molecule has 26 heavy (non-hydrogen) atoms. The number of anilines is 3. The van der Waals surface area contributed by atoms with Gasteiger partial charge in [0.2, 0.25) is 0 Å². The van der Waals surface area contributed by atoms with Crippen LogP contribution in [-0.4, -0.2) is 14.0 Å². The van der Waals surface area contributed by atoms with Crippen molar-refractivity contribution >= 4 is 33.5 Å². The first-order chi connectivity index (χ1) is 12.5. The minimum Gasteiger partial charge on any atom is -0.350 e. The monoisotopic (exact) mass is 371 g/mol. The predicted octanol–water partition coefficient (Wildman–Crippen LogP) is 5.48. The van der Waals surface area contributed by atoms with Gasteiger partial charge in [-0.2, -0.15) is 0 Å². The number of nitro benzene ring substituents is 1. The second kappa shape index (κ2) is 7.44. The molecule has 7 nitrogen and oxygen atoms in total. The Hall–Kier alpha value is -3.07. The van der Waals surface area contributed by atoms with Crippen LogP contribution in [0, 0.1) is 10.1 Å². The highest BCUT2D eigenvalue weighted by atomic mass is 32.3. The van der Waals surface area contributed by atoms with Crippen LogP contribution < -0.4 is 10.0 Å². The third-order valence-electron chi connectivity index (χ3n) is 3.58. The Morgan fingerprint density at radius 1 is 0.846 bits per heavy atom. The standard InChI is InChI=1S/C18H17N3O4S/c22-21(23)18-13-16(26(24,25)20-15-9-5-2-6-10-15)11-12-17(18)19-14-7-3-1-4-8-14/h1-13,19-20,24-25H. The second-order valence-corrected chi connectivity index (χ2v) is 7.22. The van der Waals surface area contributed by atoms with Crippen LogP contribution in [0.4, 0.5) is 22.7 Å². The van der Waals surface area contributed by atoms with Crippen molar-refractivity contribution in [2.45, 2.75) is 4.90 Å². The maximum Gasteiger partial charge on any atom is 0.294 e. The zero-order chi connectivity index (χ0) is 18.6. The largest absolute Gasteiger partial charge is 0.350 e. The highest BCUT2D eigenvalue weighted by molar-refractivity contribution is 8.25. The van der Waals surface area contributed by atoms with Crippen molar-refractivity contribution in [3.8, 4) is 0 Å². The Balaban J connectivity index is 1.91. The summed E-state index contributed by atoms with van der Waals surface area (Å²) < 4.78 is 23.4. The Labute approximate surface area is 151 Å². The molecule has 0 radical (unpaired) electrons. The van der Waals surface area contributed by atoms with E-state index in [4.69, 9.17) is 0 Å². The molecular formula is C18H17N3O4S. The minimum atomic E-state index is -3.44. The van der Waals surface area contributed by atoms with Gasteiger partial charge in [0.25, 0.3) is 5.69 Å². The molecule has 0 aliphatic rings. The van der Waals surface area contributed by atoms with Gasteiger partial charge in [-0.15, -0.1) is 0 Å². The fourth-order valence-electron chi connectivity index (χ4n) is 2.35. The van der Waals surface area contributed by atoms with E-state index in [-0.39, 0.29) is 16.3 Å². The minimum absolute atomic E-state index is 0.0339. The molecule has 0 fully saturated rings. The molecule has 0 spiro atoms. The summed E-state index contributed by atoms with van der Waals surface area (Å²) in [5.74, 6) is 0. The van der Waals surface area contributed by atoms with Crippen LogP contribution in [0.15, 0.2) is 83.8 Å². The van der Waals surface area contributed by atoms with E-state index < -0.39 is 15.7 Å². The second-order valence-electron chi connectivity index (χ2n) is 5.44. The van der Waals surface area contributed by atoms with Crippen LogP contribution >= 0.6 is 10.8 Å². The summed E-state index contributed by atoms with van der Waals surface area (Å²) in [6.07, 6.45) is 0. The SMILES string of the molecule is O=[N+]([O-])c1cc(S(O)(O)Nc2ccccc2)ccc1Nc1ccccc1. The summed E-state index contributed by atoms with van der Waals surface area (Å²) in [6.45, 7) is 0. The average Bonchev–Trinajstić information content (AvgIpc) is 2.63. The molecule has 8 heteroatoms. The first kappa shape index (κ1) is 17.7. The molecule has 0 bridgehead atoms. The van der Waals surface area contributed by atoms with Gasteiger partial charge < -0.3 is 5.32 Å². The summed E-state index contributed by atoms with van der Waals surface area (Å²) in [5.41, 5.74) is 1.21. The zero-order valence-corrected chi connectivity index (χ0v) is 14.4. The lowest BCUT2D eigenvalue weighted by Crippen LogP contribution is -2.10. The van der Waals surface area contributed by atoms with Crippen molar-refractivity contribution < 1.29 is 14.0 Å². The first-order valence-corrected chi connectivity index (χ1v) is 9.22. The number of nitrogens with zero attached hydrogens (tertiary/aromatic N) is 1. The molecule has 0 aliphatic heterocycles. The molecule has 3 rings (SSSR count). The van der Waals surface area contributed by atoms with Crippen molar-refractivity contribution in [2.75, 3.05) is 10.0 Å². The molecule has 0 aliphatic carbocycles. The van der Waals surface area contributed by atoms with Gasteiger partial charge in [0, 0.05) is 11.8 Å². The van der Waals surface area contributed by atoms with E-state index in [2.05, 4.69) is 10.0 Å². The van der Waals surface area contributed by atoms with Crippen LogP contribution in [0.2, 0.25) is 0 Å². The Morgan fingerprint density at radius 3 is 2.00 bits per heavy atom. The van der Waals surface area contributed by atoms with Crippen molar-refractivity contribution in [1.29, 1.82) is 0 Å². The Kier molecular flexibility index (Phi) is 5.08. The van der Waals surface area contributed by atoms with Gasteiger partial charge >= 0.3 is 0 Å². The van der Waals surface area contributed by atoms with Crippen molar-refractivity contribution in [3.63, 3.8) is 0 Å². The molecule has 0 aromatic heterocycles. The first-order valence-electron chi connectivity index (χ1n) is 7.67. The van der Waals surface area contributed by atoms with Gasteiger partial charge in [-0.1, -0.05) is 47.2 Å². The maximum atomic E-state index is 11.4. The highest BCUT2D eigenvalue weighted by Gasteiger charge is 2.22. The van der Waals surface area contributed by atoms with E-state index in [1.165, 1.54) is 12.1 Å². The lowest BCUT2D eigenvalue weighted by Gasteiger charge is -2.33. The number of benzene rings is 3. The molecule has 0 saturated heterocycles. The third-order valence-corrected chi connectivity index (χ3v) is 5.01. The summed E-state index contributed by atoms with van der Waals surface area (Å²) in [4.78, 5) is 10.9. The lowest BCUT2D eigenvalue weighted by molar-refractivity contribution is -0.384. The Bertz CT molecular complexity index is 905. The molecule has 0 atom stereocenters. The van der Waals surface area contributed by atoms with Gasteiger partial charge in [-0.25, -0.2) is 0 Å². The number of rotatable bonds is 6. The summed E-state index contributed by atoms with van der Waals surface area (Å²) in [6, 6.07) is 21.7. The summed E-state index contributed by atoms with van der Waals surface area (Å²) in [7, 11) is -3.44. The maximum absolute atomic E-state index is 11.4. The van der Waals surface area contributed by atoms with E-state index in [0.29, 0.717) is 11.4 Å². The molecule has 0 heterocycles. The van der Waals surface area contributed by atoms with E-state index in [0.717, 1.165) is 6.07 Å². The van der Waals surface area contributed by atoms with Crippen LogP contribution in [0.5, 0.6) is 0 Å². The van der Waals surface area contributed by atoms with Gasteiger partial charge in [0.15, 0.2) is 0 Å². The van der Waals surface area contributed by atoms with Crippen LogP contribution in [0.3, 0.4) is 0 Å². The van der Waals surface area contributed by atoms with Crippen molar-refractivity contribution in [2.24, 2.45) is 0 Å². The van der Waals surface area contributed by atoms with Gasteiger partial charge in [0.05, 0.1) is 15.5 Å². The summed E-state index contributed by atoms with van der Waals surface area (Å²) in [5, 5.41) is 14.4. The van der Waals surface area contributed by atoms with Crippen molar-refractivity contribution in [3.05, 3.63) is 89.0 Å². The predicted molar refractivity (Wildman–Crippen MR) is 104 cm³/mol. The van der Waals surface area contributed by atoms with E-state index in [9.17, 15) is 19.2 Å². The van der Waals surface area contributed by atoms with Crippen molar-refractivity contribution in [1.82, 2.24) is 0 Å². The normalized spacial score (nSPS) is 11.6. The van der Waals surface area contributed by atoms with Crippen LogP contribution in [-0.2, 0) is 0 Å². The van der Waals surface area contributed by atoms with E-state index in [1.54, 1.807) is 42.5 Å². The van der Waals surface area contributed by atoms with Gasteiger partial charge in [-0.3, -0.25) is 23.9 Å². The average molecular weight is 371 g/mol. The van der Waals surface area contributed by atoms with Crippen LogP contribution in [0.25, 0.3) is 0 Å². The van der Waals surface area contributed by atoms with Gasteiger partial charge in [0.1, 0.15) is 5.69 Å². The zero-order valence-electron chi connectivity index (χ0n) is 13.6. The van der Waals surface area contributed by atoms with E-state index >= 15 is 0 Å². The number of hydrogen-bond donors (Lipinski definition) is 4. The highest BCUT2D eigenvalue weighted by Crippen LogP contribution is 2.49. The molecule has 3 aromatic rings. The van der Waals surface area contributed by atoms with Crippen LogP contribution in [0.1, 0.15) is 0 Å². The quantitative estimate of drug-likeness (QED) is 0.338. The van der Waals surface area contributed by atoms with Gasteiger partial charge in [-0.05, 0) is 36.4 Å². The fraction of sp³-hybridized carbons (Fsp3) is 0. The molecular weight excluding hydrogens is 354 g/mol. The molecule has 134 valence electrons. The third kappa shape index (κ3) is 4.12. The number of para-hydroxylation sites is 2. The Morgan fingerprint density at radius 2 is 1.42 bits per heavy atom. The number of nitro groups is 1. The number of hydrogen-bond acceptors (Lipinski definition) is 6. The summed E-state index contributed by atoms with van der Waals surface area (Å²) >= 11 is 0. The fourth-order valence-corrected chi connectivity index (χ4v) is 3.47. The molecule has 3 aromatic carbocycles.